The summed E-state index contributed by atoms with van der Waals surface area (Å²) in [6, 6.07) is 4.61. The highest BCUT2D eigenvalue weighted by Gasteiger charge is 2.33. The third-order valence-corrected chi connectivity index (χ3v) is 4.90. The summed E-state index contributed by atoms with van der Waals surface area (Å²) < 4.78 is 10.00. The number of likely N-dealkylation sites (tertiary alicyclic amines) is 1. The van der Waals surface area contributed by atoms with Gasteiger partial charge in [0.25, 0.3) is 11.8 Å². The smallest absolute Gasteiger partial charge is 0.328 e. The molecule has 0 bridgehead atoms. The van der Waals surface area contributed by atoms with Crippen molar-refractivity contribution in [2.45, 2.75) is 46.1 Å². The van der Waals surface area contributed by atoms with Crippen molar-refractivity contribution in [1.82, 2.24) is 10.2 Å². The van der Waals surface area contributed by atoms with Gasteiger partial charge in [0.15, 0.2) is 6.61 Å². The Morgan fingerprint density at radius 1 is 1.10 bits per heavy atom. The first-order valence-corrected chi connectivity index (χ1v) is 9.80. The molecule has 1 aromatic rings. The average Bonchev–Trinajstić information content (AvgIpc) is 2.72. The van der Waals surface area contributed by atoms with Gasteiger partial charge in [-0.05, 0) is 63.3 Å². The molecule has 158 valence electrons. The van der Waals surface area contributed by atoms with Gasteiger partial charge in [-0.25, -0.2) is 4.79 Å². The number of amides is 2. The minimum Gasteiger partial charge on any atom is -0.464 e. The number of hydrogen-bond acceptors (Lipinski definition) is 6. The minimum absolute atomic E-state index is 0.243. The van der Waals surface area contributed by atoms with Crippen molar-refractivity contribution < 1.29 is 28.7 Å². The summed E-state index contributed by atoms with van der Waals surface area (Å²) in [6.07, 6.45) is 2.14. The molecule has 1 fully saturated rings. The molecule has 0 spiro atoms. The van der Waals surface area contributed by atoms with Crippen LogP contribution in [0.3, 0.4) is 0 Å². The molecule has 1 aliphatic heterocycles. The standard InChI is InChI=1S/C21H28N2O6/c1-4-28-21(27)17-7-5-6-10-23(17)18(24)13-29-19(25)12-22-20(26)16-9-8-14(2)15(3)11-16/h8-9,11,17H,4-7,10,12-13H2,1-3H3,(H,22,26)/t17-/m0/s1. The number of carbonyl (C=O) groups is 4. The number of nitrogens with zero attached hydrogens (tertiary/aromatic N) is 1. The molecular formula is C21H28N2O6. The predicted octanol–water partition coefficient (Wildman–Crippen LogP) is 1.52. The Morgan fingerprint density at radius 3 is 2.55 bits per heavy atom. The second kappa shape index (κ2) is 10.6. The lowest BCUT2D eigenvalue weighted by Crippen LogP contribution is -2.50. The molecule has 8 nitrogen and oxygen atoms in total. The first-order chi connectivity index (χ1) is 13.8. The lowest BCUT2D eigenvalue weighted by atomic mass is 10.0. The van der Waals surface area contributed by atoms with Crippen LogP contribution >= 0.6 is 0 Å². The van der Waals surface area contributed by atoms with Gasteiger partial charge in [0, 0.05) is 12.1 Å². The molecule has 2 amide bonds. The first kappa shape index (κ1) is 22.4. The topological polar surface area (TPSA) is 102 Å². The van der Waals surface area contributed by atoms with E-state index in [2.05, 4.69) is 5.32 Å². The van der Waals surface area contributed by atoms with Crippen LogP contribution in [0.2, 0.25) is 0 Å². The van der Waals surface area contributed by atoms with E-state index in [1.807, 2.05) is 19.9 Å². The molecule has 0 saturated carbocycles. The van der Waals surface area contributed by atoms with Gasteiger partial charge >= 0.3 is 11.9 Å². The zero-order valence-corrected chi connectivity index (χ0v) is 17.2. The first-order valence-electron chi connectivity index (χ1n) is 9.80. The number of piperidine rings is 1. The normalized spacial score (nSPS) is 16.1. The number of benzene rings is 1. The van der Waals surface area contributed by atoms with Gasteiger partial charge in [-0.3, -0.25) is 14.4 Å². The highest BCUT2D eigenvalue weighted by molar-refractivity contribution is 5.96. The van der Waals surface area contributed by atoms with Crippen LogP contribution in [0.1, 0.15) is 47.7 Å². The van der Waals surface area contributed by atoms with Crippen molar-refractivity contribution in [1.29, 1.82) is 0 Å². The molecule has 1 heterocycles. The van der Waals surface area contributed by atoms with E-state index < -0.39 is 36.4 Å². The summed E-state index contributed by atoms with van der Waals surface area (Å²) in [5.41, 5.74) is 2.49. The largest absolute Gasteiger partial charge is 0.464 e. The van der Waals surface area contributed by atoms with Gasteiger partial charge in [0.2, 0.25) is 0 Å². The molecule has 0 radical (unpaired) electrons. The minimum atomic E-state index is -0.722. The van der Waals surface area contributed by atoms with Gasteiger partial charge in [-0.1, -0.05) is 6.07 Å². The van der Waals surface area contributed by atoms with Crippen molar-refractivity contribution in [2.75, 3.05) is 26.3 Å². The maximum absolute atomic E-state index is 12.4. The molecule has 2 rings (SSSR count). The summed E-state index contributed by atoms with van der Waals surface area (Å²) in [4.78, 5) is 49.9. The number of esters is 2. The molecule has 0 aromatic heterocycles. The van der Waals surface area contributed by atoms with Crippen LogP contribution < -0.4 is 5.32 Å². The Morgan fingerprint density at radius 2 is 1.86 bits per heavy atom. The summed E-state index contributed by atoms with van der Waals surface area (Å²) in [5, 5.41) is 2.48. The molecule has 8 heteroatoms. The van der Waals surface area contributed by atoms with E-state index in [9.17, 15) is 19.2 Å². The molecule has 1 aromatic carbocycles. The lowest BCUT2D eigenvalue weighted by Gasteiger charge is -2.33. The predicted molar refractivity (Wildman–Crippen MR) is 105 cm³/mol. The van der Waals surface area contributed by atoms with Crippen molar-refractivity contribution in [3.8, 4) is 0 Å². The summed E-state index contributed by atoms with van der Waals surface area (Å²) in [5.74, 6) is -2.00. The van der Waals surface area contributed by atoms with Crippen LogP contribution in [-0.4, -0.2) is 61.0 Å². The Kier molecular flexibility index (Phi) is 8.18. The molecule has 29 heavy (non-hydrogen) atoms. The molecule has 1 atom stereocenters. The van der Waals surface area contributed by atoms with E-state index in [-0.39, 0.29) is 13.2 Å². The highest BCUT2D eigenvalue weighted by Crippen LogP contribution is 2.18. The second-order valence-corrected chi connectivity index (χ2v) is 6.99. The van der Waals surface area contributed by atoms with Gasteiger partial charge < -0.3 is 19.7 Å². The number of nitrogens with one attached hydrogen (secondary N) is 1. The SMILES string of the molecule is CCOC(=O)[C@@H]1CCCCN1C(=O)COC(=O)CNC(=O)c1ccc(C)c(C)c1. The summed E-state index contributed by atoms with van der Waals surface area (Å²) in [6.45, 7) is 5.39. The fourth-order valence-electron chi connectivity index (χ4n) is 3.13. The van der Waals surface area contributed by atoms with Crippen molar-refractivity contribution in [3.05, 3.63) is 34.9 Å². The zero-order chi connectivity index (χ0) is 21.4. The number of aryl methyl sites for hydroxylation is 2. The van der Waals surface area contributed by atoms with Crippen LogP contribution in [0.4, 0.5) is 0 Å². The molecule has 1 saturated heterocycles. The second-order valence-electron chi connectivity index (χ2n) is 6.99. The van der Waals surface area contributed by atoms with Crippen LogP contribution in [0.15, 0.2) is 18.2 Å². The number of ether oxygens (including phenoxy) is 2. The molecule has 0 unspecified atom stereocenters. The van der Waals surface area contributed by atoms with Gasteiger partial charge in [-0.15, -0.1) is 0 Å². The Labute approximate surface area is 170 Å². The Balaban J connectivity index is 1.81. The third-order valence-electron chi connectivity index (χ3n) is 4.90. The van der Waals surface area contributed by atoms with Gasteiger partial charge in [-0.2, -0.15) is 0 Å². The maximum Gasteiger partial charge on any atom is 0.328 e. The molecule has 1 N–H and O–H groups in total. The lowest BCUT2D eigenvalue weighted by molar-refractivity contribution is -0.160. The fourth-order valence-corrected chi connectivity index (χ4v) is 3.13. The maximum atomic E-state index is 12.4. The van der Waals surface area contributed by atoms with Crippen LogP contribution in [0.25, 0.3) is 0 Å². The van der Waals surface area contributed by atoms with E-state index in [0.717, 1.165) is 24.0 Å². The quantitative estimate of drug-likeness (QED) is 0.692. The van der Waals surface area contributed by atoms with Crippen molar-refractivity contribution in [3.63, 3.8) is 0 Å². The van der Waals surface area contributed by atoms with E-state index in [4.69, 9.17) is 9.47 Å². The van der Waals surface area contributed by atoms with Crippen LogP contribution in [0.5, 0.6) is 0 Å². The van der Waals surface area contributed by atoms with E-state index in [1.54, 1.807) is 19.1 Å². The Bertz CT molecular complexity index is 776. The van der Waals surface area contributed by atoms with Gasteiger partial charge in [0.05, 0.1) is 6.61 Å². The van der Waals surface area contributed by atoms with Gasteiger partial charge in [0.1, 0.15) is 12.6 Å². The fraction of sp³-hybridized carbons (Fsp3) is 0.524. The molecule has 0 aliphatic carbocycles. The van der Waals surface area contributed by atoms with E-state index in [1.165, 1.54) is 4.90 Å². The summed E-state index contributed by atoms with van der Waals surface area (Å²) in [7, 11) is 0. The number of hydrogen-bond donors (Lipinski definition) is 1. The Hall–Kier alpha value is -2.90. The zero-order valence-electron chi connectivity index (χ0n) is 17.2. The monoisotopic (exact) mass is 404 g/mol. The van der Waals surface area contributed by atoms with Crippen LogP contribution in [-0.2, 0) is 23.9 Å². The molecule has 1 aliphatic rings. The van der Waals surface area contributed by atoms with E-state index in [0.29, 0.717) is 18.5 Å². The van der Waals surface area contributed by atoms with Crippen LogP contribution in [0, 0.1) is 13.8 Å². The number of rotatable bonds is 7. The van der Waals surface area contributed by atoms with Crippen molar-refractivity contribution in [2.24, 2.45) is 0 Å². The summed E-state index contributed by atoms with van der Waals surface area (Å²) >= 11 is 0. The van der Waals surface area contributed by atoms with E-state index >= 15 is 0 Å². The van der Waals surface area contributed by atoms with Crippen molar-refractivity contribution >= 4 is 23.8 Å². The third kappa shape index (κ3) is 6.30. The molecular weight excluding hydrogens is 376 g/mol. The highest BCUT2D eigenvalue weighted by atomic mass is 16.5. The number of carbonyl (C=O) groups excluding carboxylic acids is 4. The average molecular weight is 404 g/mol.